The first-order valence-electron chi connectivity index (χ1n) is 6.96. The molecule has 1 saturated heterocycles. The largest absolute Gasteiger partial charge is 0.353 e. The predicted octanol–water partition coefficient (Wildman–Crippen LogP) is 0.793. The van der Waals surface area contributed by atoms with Crippen LogP contribution in [0, 0.1) is 0 Å². The molecule has 1 fully saturated rings. The van der Waals surface area contributed by atoms with E-state index in [1.807, 2.05) is 31.3 Å². The maximum absolute atomic E-state index is 11.5. The third kappa shape index (κ3) is 2.58. The summed E-state index contributed by atoms with van der Waals surface area (Å²) >= 11 is 0. The van der Waals surface area contributed by atoms with Crippen LogP contribution in [0.15, 0.2) is 24.4 Å². The van der Waals surface area contributed by atoms with Crippen molar-refractivity contribution in [3.63, 3.8) is 0 Å². The highest BCUT2D eigenvalue weighted by atomic mass is 32.2. The molecule has 0 aliphatic carbocycles. The van der Waals surface area contributed by atoms with Gasteiger partial charge < -0.3 is 15.0 Å². The summed E-state index contributed by atoms with van der Waals surface area (Å²) < 4.78 is 13.6. The molecule has 1 unspecified atom stereocenters. The topological polar surface area (TPSA) is 63.6 Å². The van der Waals surface area contributed by atoms with Gasteiger partial charge in [-0.1, -0.05) is 6.07 Å². The van der Waals surface area contributed by atoms with Gasteiger partial charge in [0, 0.05) is 54.1 Å². The Bertz CT molecular complexity index is 627. The van der Waals surface area contributed by atoms with Crippen LogP contribution in [0.2, 0.25) is 0 Å². The highest BCUT2D eigenvalue weighted by Crippen LogP contribution is 2.24. The van der Waals surface area contributed by atoms with Crippen molar-refractivity contribution in [2.24, 2.45) is 5.73 Å². The molecule has 0 amide bonds. The summed E-state index contributed by atoms with van der Waals surface area (Å²) in [4.78, 5) is 6.99. The molecule has 2 N–H and O–H groups in total. The van der Waals surface area contributed by atoms with E-state index in [1.165, 1.54) is 0 Å². The van der Waals surface area contributed by atoms with Crippen LogP contribution in [0.1, 0.15) is 12.6 Å². The van der Waals surface area contributed by atoms with E-state index < -0.39 is 10.8 Å². The zero-order valence-corrected chi connectivity index (χ0v) is 12.5. The number of anilines is 1. The van der Waals surface area contributed by atoms with Gasteiger partial charge in [0.25, 0.3) is 0 Å². The molecule has 0 spiro atoms. The molecule has 0 aromatic carbocycles. The van der Waals surface area contributed by atoms with E-state index >= 15 is 0 Å². The first kappa shape index (κ1) is 13.6. The Balaban J connectivity index is 2.02. The summed E-state index contributed by atoms with van der Waals surface area (Å²) in [5, 5.41) is 0. The van der Waals surface area contributed by atoms with Gasteiger partial charge in [-0.15, -0.1) is 0 Å². The number of aromatic nitrogens is 2. The molecule has 6 heteroatoms. The summed E-state index contributed by atoms with van der Waals surface area (Å²) in [6.07, 6.45) is 2.83. The van der Waals surface area contributed by atoms with Crippen molar-refractivity contribution in [3.8, 4) is 0 Å². The molecule has 1 aliphatic heterocycles. The van der Waals surface area contributed by atoms with Crippen LogP contribution in [0.4, 0.5) is 5.82 Å². The Labute approximate surface area is 121 Å². The molecule has 2 aromatic heterocycles. The minimum absolute atomic E-state index is 0.0905. The third-order valence-corrected chi connectivity index (χ3v) is 4.88. The van der Waals surface area contributed by atoms with Crippen LogP contribution in [-0.4, -0.2) is 44.2 Å². The van der Waals surface area contributed by atoms with Gasteiger partial charge in [0.1, 0.15) is 5.65 Å². The second kappa shape index (κ2) is 5.54. The van der Waals surface area contributed by atoms with E-state index in [9.17, 15) is 4.21 Å². The average molecular weight is 292 g/mol. The van der Waals surface area contributed by atoms with Crippen molar-refractivity contribution >= 4 is 22.3 Å². The maximum Gasteiger partial charge on any atom is 0.151 e. The Hall–Kier alpha value is -1.40. The first-order valence-corrected chi connectivity index (χ1v) is 8.45. The number of pyridine rings is 1. The van der Waals surface area contributed by atoms with Gasteiger partial charge in [0.2, 0.25) is 0 Å². The second-order valence-corrected chi connectivity index (χ2v) is 7.02. The smallest absolute Gasteiger partial charge is 0.151 e. The monoisotopic (exact) mass is 292 g/mol. The van der Waals surface area contributed by atoms with Gasteiger partial charge in [-0.25, -0.2) is 4.98 Å². The van der Waals surface area contributed by atoms with E-state index in [4.69, 9.17) is 10.7 Å². The number of imidazole rings is 1. The van der Waals surface area contributed by atoms with Gasteiger partial charge in [-0.3, -0.25) is 4.21 Å². The number of fused-ring (bicyclic) bond motifs is 1. The predicted molar refractivity (Wildman–Crippen MR) is 82.6 cm³/mol. The summed E-state index contributed by atoms with van der Waals surface area (Å²) in [5.41, 5.74) is 8.09. The lowest BCUT2D eigenvalue weighted by Crippen LogP contribution is -2.38. The zero-order valence-electron chi connectivity index (χ0n) is 11.7. The van der Waals surface area contributed by atoms with Crippen molar-refractivity contribution in [2.45, 2.75) is 19.4 Å². The van der Waals surface area contributed by atoms with Crippen LogP contribution in [0.5, 0.6) is 0 Å². The number of rotatable bonds is 3. The number of hydrogen-bond acceptors (Lipinski definition) is 4. The third-order valence-electron chi connectivity index (χ3n) is 3.60. The fraction of sp³-hybridized carbons (Fsp3) is 0.500. The van der Waals surface area contributed by atoms with Crippen molar-refractivity contribution in [1.82, 2.24) is 9.38 Å². The minimum atomic E-state index is -0.671. The molecule has 2 aromatic rings. The number of hydrogen-bond donors (Lipinski definition) is 1. The van der Waals surface area contributed by atoms with Crippen LogP contribution < -0.4 is 10.6 Å². The highest BCUT2D eigenvalue weighted by molar-refractivity contribution is 7.85. The molecule has 0 radical (unpaired) electrons. The average Bonchev–Trinajstić information content (AvgIpc) is 2.78. The van der Waals surface area contributed by atoms with E-state index in [1.54, 1.807) is 0 Å². The van der Waals surface area contributed by atoms with Gasteiger partial charge in [-0.2, -0.15) is 0 Å². The van der Waals surface area contributed by atoms with E-state index in [0.29, 0.717) is 0 Å². The molecule has 108 valence electrons. The molecule has 0 saturated carbocycles. The molecular formula is C14H20N4OS. The van der Waals surface area contributed by atoms with Crippen LogP contribution in [0.25, 0.3) is 5.65 Å². The Morgan fingerprint density at radius 3 is 2.85 bits per heavy atom. The lowest BCUT2D eigenvalue weighted by atomic mass is 10.2. The van der Waals surface area contributed by atoms with Crippen LogP contribution in [0.3, 0.4) is 0 Å². The standard InChI is InChI=1S/C14H20N4OS/c1-11(15)10-12-14(17-6-8-20(19)9-7-17)16-13-4-2-3-5-18(12)13/h2-5,11H,6-10,15H2,1H3. The molecular weight excluding hydrogens is 272 g/mol. The summed E-state index contributed by atoms with van der Waals surface area (Å²) in [6, 6.07) is 6.10. The van der Waals surface area contributed by atoms with E-state index in [2.05, 4.69) is 9.30 Å². The molecule has 1 aliphatic rings. The first-order chi connectivity index (χ1) is 9.65. The summed E-state index contributed by atoms with van der Waals surface area (Å²) in [5.74, 6) is 2.46. The van der Waals surface area contributed by atoms with Gasteiger partial charge in [-0.05, 0) is 19.1 Å². The van der Waals surface area contributed by atoms with Gasteiger partial charge in [0.05, 0.1) is 5.69 Å². The minimum Gasteiger partial charge on any atom is -0.353 e. The fourth-order valence-electron chi connectivity index (χ4n) is 2.63. The maximum atomic E-state index is 11.5. The molecule has 3 heterocycles. The van der Waals surface area contributed by atoms with E-state index in [-0.39, 0.29) is 6.04 Å². The molecule has 20 heavy (non-hydrogen) atoms. The normalized spacial score (nSPS) is 18.6. The summed E-state index contributed by atoms with van der Waals surface area (Å²) in [6.45, 7) is 3.63. The molecule has 5 nitrogen and oxygen atoms in total. The fourth-order valence-corrected chi connectivity index (χ4v) is 3.68. The van der Waals surface area contributed by atoms with Crippen LogP contribution in [-0.2, 0) is 17.2 Å². The second-order valence-electron chi connectivity index (χ2n) is 5.33. The number of nitrogens with zero attached hydrogens (tertiary/aromatic N) is 3. The zero-order chi connectivity index (χ0) is 14.1. The van der Waals surface area contributed by atoms with Crippen molar-refractivity contribution in [2.75, 3.05) is 29.5 Å². The summed E-state index contributed by atoms with van der Waals surface area (Å²) in [7, 11) is -0.671. The Morgan fingerprint density at radius 2 is 2.15 bits per heavy atom. The van der Waals surface area contributed by atoms with Gasteiger partial charge >= 0.3 is 0 Å². The highest BCUT2D eigenvalue weighted by Gasteiger charge is 2.22. The Kier molecular flexibility index (Phi) is 3.76. The lowest BCUT2D eigenvalue weighted by molar-refractivity contribution is 0.670. The van der Waals surface area contributed by atoms with Crippen LogP contribution >= 0.6 is 0 Å². The quantitative estimate of drug-likeness (QED) is 0.908. The van der Waals surface area contributed by atoms with Crippen molar-refractivity contribution < 1.29 is 4.21 Å². The lowest BCUT2D eigenvalue weighted by Gasteiger charge is -2.27. The van der Waals surface area contributed by atoms with E-state index in [0.717, 1.165) is 48.2 Å². The van der Waals surface area contributed by atoms with Crippen molar-refractivity contribution in [1.29, 1.82) is 0 Å². The Morgan fingerprint density at radius 1 is 1.40 bits per heavy atom. The number of nitrogens with two attached hydrogens (primary N) is 1. The van der Waals surface area contributed by atoms with Crippen molar-refractivity contribution in [3.05, 3.63) is 30.1 Å². The molecule has 1 atom stereocenters. The SMILES string of the molecule is CC(N)Cc1c(N2CCS(=O)CC2)nc2ccccn12. The molecule has 0 bridgehead atoms. The van der Waals surface area contributed by atoms with Gasteiger partial charge in [0.15, 0.2) is 5.82 Å². The molecule has 3 rings (SSSR count).